The van der Waals surface area contributed by atoms with Crippen molar-refractivity contribution in [2.24, 2.45) is 23.3 Å². The van der Waals surface area contributed by atoms with E-state index in [1.54, 1.807) is 6.92 Å². The Morgan fingerprint density at radius 1 is 0.851 bits per heavy atom. The molecule has 0 aliphatic rings. The maximum absolute atomic E-state index is 13.8. The molecular weight excluding hydrogens is 618 g/mol. The van der Waals surface area contributed by atoms with Crippen LogP contribution in [0.2, 0.25) is 0 Å². The lowest BCUT2D eigenvalue weighted by atomic mass is 9.96. The summed E-state index contributed by atoms with van der Waals surface area (Å²) in [6.45, 7) is 13.9. The van der Waals surface area contributed by atoms with E-state index in [1.807, 2.05) is 39.8 Å². The summed E-state index contributed by atoms with van der Waals surface area (Å²) in [5.74, 6) is -2.40. The fraction of sp³-hybridized carbons (Fsp3) is 0.647. The molecule has 13 heteroatoms. The van der Waals surface area contributed by atoms with Crippen molar-refractivity contribution in [2.75, 3.05) is 6.54 Å². The van der Waals surface area contributed by atoms with Crippen LogP contribution in [0.25, 0.3) is 10.2 Å². The summed E-state index contributed by atoms with van der Waals surface area (Å²) in [7, 11) is 0. The Labute approximate surface area is 283 Å². The number of nitrogens with two attached hydrogens (primary N) is 2. The zero-order valence-electron chi connectivity index (χ0n) is 29.0. The summed E-state index contributed by atoms with van der Waals surface area (Å²) in [6, 6.07) is 2.27. The Morgan fingerprint density at radius 3 is 2.09 bits per heavy atom. The van der Waals surface area contributed by atoms with Crippen LogP contribution < -0.4 is 32.7 Å². The van der Waals surface area contributed by atoms with E-state index >= 15 is 0 Å². The van der Waals surface area contributed by atoms with Gasteiger partial charge >= 0.3 is 0 Å². The van der Waals surface area contributed by atoms with Gasteiger partial charge in [0.25, 0.3) is 0 Å². The number of aromatic nitrogens is 1. The van der Waals surface area contributed by atoms with Crippen LogP contribution >= 0.6 is 11.3 Å². The second-order valence-corrected chi connectivity index (χ2v) is 14.1. The zero-order chi connectivity index (χ0) is 35.3. The van der Waals surface area contributed by atoms with E-state index in [4.69, 9.17) is 16.5 Å². The highest BCUT2D eigenvalue weighted by molar-refractivity contribution is 7.18. The predicted octanol–water partition coefficient (Wildman–Crippen LogP) is 3.02. The summed E-state index contributed by atoms with van der Waals surface area (Å²) in [4.78, 5) is 70.1. The number of primary amides is 1. The van der Waals surface area contributed by atoms with Crippen LogP contribution in [-0.2, 0) is 30.4 Å². The molecule has 0 saturated carbocycles. The van der Waals surface area contributed by atoms with E-state index in [0.717, 1.165) is 10.2 Å². The fourth-order valence-corrected chi connectivity index (χ4v) is 6.15. The van der Waals surface area contributed by atoms with Gasteiger partial charge in [0, 0.05) is 12.8 Å². The average Bonchev–Trinajstić information content (AvgIpc) is 3.43. The minimum Gasteiger partial charge on any atom is -0.368 e. The molecule has 2 rings (SSSR count). The van der Waals surface area contributed by atoms with E-state index < -0.39 is 47.8 Å². The van der Waals surface area contributed by atoms with Crippen LogP contribution in [0.1, 0.15) is 103 Å². The largest absolute Gasteiger partial charge is 0.368 e. The first-order chi connectivity index (χ1) is 22.2. The standard InChI is InChI=1S/C34H55N7O5S/c1-8-21(7)30(34(46)39-24(12-10-11-15-35)32(44)40-25(31(36)43)16-19(3)4)41-33(45)26(37-28(42)9-2)18-29-38-23-14-13-22(20(5)6)17-27(23)47-29/h13-14,17,19-21,24-26,30H,8-12,15-16,18,35H2,1-7H3,(H2,36,43)(H,37,42)(H,39,46)(H,40,44)(H,41,45)/t21-,24-,25-,26-,30-/m0/s1. The monoisotopic (exact) mass is 673 g/mol. The van der Waals surface area contributed by atoms with Gasteiger partial charge < -0.3 is 32.7 Å². The topological polar surface area (TPSA) is 198 Å². The maximum atomic E-state index is 13.8. The first kappa shape index (κ1) is 39.6. The number of unbranched alkanes of at least 4 members (excludes halogenated alkanes) is 1. The Hall–Kier alpha value is -3.58. The lowest BCUT2D eigenvalue weighted by Crippen LogP contribution is -2.59. The predicted molar refractivity (Wildman–Crippen MR) is 186 cm³/mol. The lowest BCUT2D eigenvalue weighted by Gasteiger charge is -2.29. The highest BCUT2D eigenvalue weighted by atomic mass is 32.1. The number of thiazole rings is 1. The number of rotatable bonds is 20. The first-order valence-corrected chi connectivity index (χ1v) is 17.6. The van der Waals surface area contributed by atoms with E-state index in [1.165, 1.54) is 16.9 Å². The van der Waals surface area contributed by atoms with Crippen molar-refractivity contribution in [2.45, 2.75) is 123 Å². The maximum Gasteiger partial charge on any atom is 0.243 e. The van der Waals surface area contributed by atoms with Crippen LogP contribution in [0.5, 0.6) is 0 Å². The van der Waals surface area contributed by atoms with Crippen molar-refractivity contribution in [3.05, 3.63) is 28.8 Å². The number of nitrogens with one attached hydrogen (secondary N) is 4. The van der Waals surface area contributed by atoms with Crippen molar-refractivity contribution in [1.29, 1.82) is 0 Å². The molecule has 8 N–H and O–H groups in total. The normalized spacial score (nSPS) is 14.7. The van der Waals surface area contributed by atoms with E-state index in [-0.39, 0.29) is 37.0 Å². The zero-order valence-corrected chi connectivity index (χ0v) is 29.8. The smallest absolute Gasteiger partial charge is 0.243 e. The molecule has 5 atom stereocenters. The molecule has 2 aromatic rings. The molecule has 5 amide bonds. The molecule has 1 aromatic carbocycles. The number of hydrogen-bond acceptors (Lipinski definition) is 8. The van der Waals surface area contributed by atoms with Crippen LogP contribution in [0.15, 0.2) is 18.2 Å². The van der Waals surface area contributed by atoms with Gasteiger partial charge in [-0.15, -0.1) is 11.3 Å². The highest BCUT2D eigenvalue weighted by Crippen LogP contribution is 2.27. The Balaban J connectivity index is 2.30. The lowest BCUT2D eigenvalue weighted by molar-refractivity contribution is -0.135. The van der Waals surface area contributed by atoms with Gasteiger partial charge in [-0.05, 0) is 67.7 Å². The van der Waals surface area contributed by atoms with Gasteiger partial charge in [0.05, 0.1) is 15.2 Å². The third kappa shape index (κ3) is 12.5. The van der Waals surface area contributed by atoms with Crippen molar-refractivity contribution < 1.29 is 24.0 Å². The van der Waals surface area contributed by atoms with Crippen LogP contribution in [0.4, 0.5) is 0 Å². The molecule has 0 spiro atoms. The highest BCUT2D eigenvalue weighted by Gasteiger charge is 2.33. The SMILES string of the molecule is CCC(=O)N[C@@H](Cc1nc2ccc(C(C)C)cc2s1)C(=O)N[C@H](C(=O)N[C@@H](CCCCN)C(=O)N[C@@H](CC(C)C)C(N)=O)[C@@H](C)CC. The summed E-state index contributed by atoms with van der Waals surface area (Å²) in [5, 5.41) is 11.8. The number of carbonyl (C=O) groups excluding carboxylic acids is 5. The summed E-state index contributed by atoms with van der Waals surface area (Å²) < 4.78 is 0.995. The third-order valence-electron chi connectivity index (χ3n) is 8.22. The Bertz CT molecular complexity index is 1360. The molecule has 47 heavy (non-hydrogen) atoms. The quantitative estimate of drug-likeness (QED) is 0.116. The molecule has 12 nitrogen and oxygen atoms in total. The summed E-state index contributed by atoms with van der Waals surface area (Å²) in [6.07, 6.45) is 2.73. The van der Waals surface area contributed by atoms with Gasteiger partial charge in [-0.1, -0.05) is 61.0 Å². The second-order valence-electron chi connectivity index (χ2n) is 13.0. The molecule has 1 heterocycles. The van der Waals surface area contributed by atoms with Crippen LogP contribution in [-0.4, -0.2) is 65.2 Å². The molecule has 0 radical (unpaired) electrons. The van der Waals surface area contributed by atoms with Gasteiger partial charge in [-0.25, -0.2) is 4.98 Å². The molecular formula is C34H55N7O5S. The number of benzene rings is 1. The molecule has 0 fully saturated rings. The van der Waals surface area contributed by atoms with Crippen molar-refractivity contribution >= 4 is 51.1 Å². The molecule has 0 aliphatic carbocycles. The number of fused-ring (bicyclic) bond motifs is 1. The van der Waals surface area contributed by atoms with Crippen LogP contribution in [0, 0.1) is 11.8 Å². The molecule has 0 bridgehead atoms. The van der Waals surface area contributed by atoms with Gasteiger partial charge in [0.15, 0.2) is 0 Å². The van der Waals surface area contributed by atoms with E-state index in [9.17, 15) is 24.0 Å². The van der Waals surface area contributed by atoms with E-state index in [0.29, 0.717) is 43.2 Å². The molecule has 0 unspecified atom stereocenters. The Kier molecular flexibility index (Phi) is 16.3. The number of hydrogen-bond donors (Lipinski definition) is 6. The molecule has 0 saturated heterocycles. The Morgan fingerprint density at radius 2 is 1.51 bits per heavy atom. The van der Waals surface area contributed by atoms with Gasteiger partial charge in [0.1, 0.15) is 24.2 Å². The minimum atomic E-state index is -0.995. The number of nitrogens with zero attached hydrogens (tertiary/aromatic N) is 1. The fourth-order valence-electron chi connectivity index (χ4n) is 5.08. The van der Waals surface area contributed by atoms with Gasteiger partial charge in [-0.2, -0.15) is 0 Å². The van der Waals surface area contributed by atoms with Crippen LogP contribution in [0.3, 0.4) is 0 Å². The number of amides is 5. The van der Waals surface area contributed by atoms with Gasteiger partial charge in [-0.3, -0.25) is 24.0 Å². The molecule has 1 aromatic heterocycles. The number of carbonyl (C=O) groups is 5. The average molecular weight is 674 g/mol. The first-order valence-electron chi connectivity index (χ1n) is 16.8. The van der Waals surface area contributed by atoms with E-state index in [2.05, 4.69) is 41.2 Å². The second kappa shape index (κ2) is 19.3. The third-order valence-corrected chi connectivity index (χ3v) is 9.26. The van der Waals surface area contributed by atoms with Gasteiger partial charge in [0.2, 0.25) is 29.5 Å². The van der Waals surface area contributed by atoms with Crippen molar-refractivity contribution in [3.63, 3.8) is 0 Å². The van der Waals surface area contributed by atoms with Crippen molar-refractivity contribution in [3.8, 4) is 0 Å². The molecule has 262 valence electrons. The van der Waals surface area contributed by atoms with Crippen molar-refractivity contribution in [1.82, 2.24) is 26.3 Å². The summed E-state index contributed by atoms with van der Waals surface area (Å²) in [5.41, 5.74) is 13.2. The molecule has 0 aliphatic heterocycles. The summed E-state index contributed by atoms with van der Waals surface area (Å²) >= 11 is 1.47. The minimum absolute atomic E-state index is 0.101.